The van der Waals surface area contributed by atoms with Crippen LogP contribution in [0.3, 0.4) is 0 Å². The molecule has 0 radical (unpaired) electrons. The minimum atomic E-state index is -0.242. The Morgan fingerprint density at radius 2 is 1.65 bits per heavy atom. The van der Waals surface area contributed by atoms with Gasteiger partial charge in [0.1, 0.15) is 0 Å². The summed E-state index contributed by atoms with van der Waals surface area (Å²) in [6.45, 7) is 3.52. The van der Waals surface area contributed by atoms with Gasteiger partial charge in [-0.3, -0.25) is 4.79 Å². The van der Waals surface area contributed by atoms with E-state index >= 15 is 0 Å². The van der Waals surface area contributed by atoms with Gasteiger partial charge in [-0.1, -0.05) is 30.3 Å². The van der Waals surface area contributed by atoms with Gasteiger partial charge in [0, 0.05) is 19.0 Å². The second-order valence-corrected chi connectivity index (χ2v) is 7.36. The number of likely N-dealkylation sites (tertiary alicyclic amines) is 1. The summed E-state index contributed by atoms with van der Waals surface area (Å²) in [7, 11) is 0. The Labute approximate surface area is 139 Å². The van der Waals surface area contributed by atoms with Crippen molar-refractivity contribution in [1.82, 2.24) is 4.90 Å². The second-order valence-electron chi connectivity index (χ2n) is 7.36. The molecular formula is C20H29NO2. The second kappa shape index (κ2) is 7.48. The largest absolute Gasteiger partial charge is 0.393 e. The first kappa shape index (κ1) is 16.5. The number of hydrogen-bond acceptors (Lipinski definition) is 2. The molecule has 1 unspecified atom stereocenters. The van der Waals surface area contributed by atoms with Crippen molar-refractivity contribution in [2.24, 2.45) is 11.8 Å². The Hall–Kier alpha value is -1.35. The third kappa shape index (κ3) is 3.95. The van der Waals surface area contributed by atoms with Crippen LogP contribution in [-0.4, -0.2) is 35.1 Å². The van der Waals surface area contributed by atoms with E-state index in [0.29, 0.717) is 17.7 Å². The van der Waals surface area contributed by atoms with Gasteiger partial charge < -0.3 is 10.0 Å². The first-order valence-electron chi connectivity index (χ1n) is 9.17. The summed E-state index contributed by atoms with van der Waals surface area (Å²) in [5.74, 6) is 1.58. The zero-order chi connectivity index (χ0) is 16.2. The van der Waals surface area contributed by atoms with E-state index in [1.54, 1.807) is 0 Å². The topological polar surface area (TPSA) is 40.5 Å². The number of benzene rings is 1. The molecule has 23 heavy (non-hydrogen) atoms. The zero-order valence-electron chi connectivity index (χ0n) is 14.2. The van der Waals surface area contributed by atoms with Crippen molar-refractivity contribution in [2.75, 3.05) is 13.1 Å². The Bertz CT molecular complexity index is 498. The summed E-state index contributed by atoms with van der Waals surface area (Å²) in [6.07, 6.45) is 5.96. The fourth-order valence-corrected chi connectivity index (χ4v) is 4.26. The first-order valence-corrected chi connectivity index (χ1v) is 9.17. The normalized spacial score (nSPS) is 27.7. The summed E-state index contributed by atoms with van der Waals surface area (Å²) in [5.41, 5.74) is 1.43. The standard InChI is InChI=1S/C20H29NO2/c1-15(22)16-11-13-21(14-12-16)20(23)19-9-7-18(8-10-19)17-5-3-2-4-6-17/h2-6,15-16,18-19,22H,7-14H2,1H3. The highest BCUT2D eigenvalue weighted by atomic mass is 16.3. The monoisotopic (exact) mass is 315 g/mol. The molecule has 2 fully saturated rings. The summed E-state index contributed by atoms with van der Waals surface area (Å²) in [5, 5.41) is 9.68. The summed E-state index contributed by atoms with van der Waals surface area (Å²) >= 11 is 0. The van der Waals surface area contributed by atoms with Crippen molar-refractivity contribution >= 4 is 5.91 Å². The molecule has 1 saturated heterocycles. The Morgan fingerprint density at radius 3 is 2.22 bits per heavy atom. The molecule has 1 atom stereocenters. The SMILES string of the molecule is CC(O)C1CCN(C(=O)C2CCC(c3ccccc3)CC2)CC1. The van der Waals surface area contributed by atoms with E-state index in [4.69, 9.17) is 0 Å². The molecule has 2 aliphatic rings. The highest BCUT2D eigenvalue weighted by Gasteiger charge is 2.32. The minimum absolute atomic E-state index is 0.220. The molecule has 126 valence electrons. The molecule has 1 N–H and O–H groups in total. The molecule has 1 heterocycles. The van der Waals surface area contributed by atoms with Crippen LogP contribution in [0.15, 0.2) is 30.3 Å². The molecular weight excluding hydrogens is 286 g/mol. The van der Waals surface area contributed by atoms with Crippen LogP contribution in [0.1, 0.15) is 56.9 Å². The molecule has 0 spiro atoms. The molecule has 1 aliphatic heterocycles. The van der Waals surface area contributed by atoms with Gasteiger partial charge in [-0.25, -0.2) is 0 Å². The number of hydrogen-bond donors (Lipinski definition) is 1. The Balaban J connectivity index is 1.49. The maximum absolute atomic E-state index is 12.7. The molecule has 3 rings (SSSR count). The average molecular weight is 315 g/mol. The molecule has 0 aromatic heterocycles. The van der Waals surface area contributed by atoms with E-state index in [1.807, 2.05) is 11.8 Å². The molecule has 1 aromatic carbocycles. The summed E-state index contributed by atoms with van der Waals surface area (Å²) in [4.78, 5) is 14.8. The highest BCUT2D eigenvalue weighted by molar-refractivity contribution is 5.79. The van der Waals surface area contributed by atoms with Crippen molar-refractivity contribution < 1.29 is 9.90 Å². The van der Waals surface area contributed by atoms with E-state index in [0.717, 1.165) is 51.6 Å². The predicted octanol–water partition coefficient (Wildman–Crippen LogP) is 3.58. The summed E-state index contributed by atoms with van der Waals surface area (Å²) < 4.78 is 0. The summed E-state index contributed by atoms with van der Waals surface area (Å²) in [6, 6.07) is 10.7. The number of piperidine rings is 1. The molecule has 1 amide bonds. The van der Waals surface area contributed by atoms with Crippen LogP contribution in [-0.2, 0) is 4.79 Å². The number of aliphatic hydroxyl groups excluding tert-OH is 1. The van der Waals surface area contributed by atoms with Gasteiger partial charge in [-0.2, -0.15) is 0 Å². The lowest BCUT2D eigenvalue weighted by molar-refractivity contribution is -0.138. The van der Waals surface area contributed by atoms with Crippen molar-refractivity contribution in [3.8, 4) is 0 Å². The van der Waals surface area contributed by atoms with Crippen LogP contribution in [0.5, 0.6) is 0 Å². The fourth-order valence-electron chi connectivity index (χ4n) is 4.26. The van der Waals surface area contributed by atoms with Crippen molar-refractivity contribution in [3.05, 3.63) is 35.9 Å². The first-order chi connectivity index (χ1) is 11.1. The molecule has 0 bridgehead atoms. The number of rotatable bonds is 3. The molecule has 3 heteroatoms. The zero-order valence-corrected chi connectivity index (χ0v) is 14.2. The van der Waals surface area contributed by atoms with Gasteiger partial charge in [0.2, 0.25) is 5.91 Å². The smallest absolute Gasteiger partial charge is 0.225 e. The van der Waals surface area contributed by atoms with Crippen molar-refractivity contribution in [1.29, 1.82) is 0 Å². The fraction of sp³-hybridized carbons (Fsp3) is 0.650. The van der Waals surface area contributed by atoms with E-state index < -0.39 is 0 Å². The van der Waals surface area contributed by atoms with E-state index in [-0.39, 0.29) is 12.0 Å². The Kier molecular flexibility index (Phi) is 5.37. The predicted molar refractivity (Wildman–Crippen MR) is 92.1 cm³/mol. The van der Waals surface area contributed by atoms with Gasteiger partial charge in [0.15, 0.2) is 0 Å². The maximum Gasteiger partial charge on any atom is 0.225 e. The lowest BCUT2D eigenvalue weighted by atomic mass is 9.78. The lowest BCUT2D eigenvalue weighted by Gasteiger charge is -2.37. The van der Waals surface area contributed by atoms with Crippen LogP contribution in [0.2, 0.25) is 0 Å². The number of carbonyl (C=O) groups excluding carboxylic acids is 1. The number of amides is 1. The van der Waals surface area contributed by atoms with Crippen molar-refractivity contribution in [3.63, 3.8) is 0 Å². The van der Waals surface area contributed by atoms with Crippen LogP contribution < -0.4 is 0 Å². The Morgan fingerprint density at radius 1 is 1.04 bits per heavy atom. The molecule has 1 aromatic rings. The quantitative estimate of drug-likeness (QED) is 0.926. The van der Waals surface area contributed by atoms with Crippen LogP contribution in [0, 0.1) is 11.8 Å². The molecule has 1 aliphatic carbocycles. The van der Waals surface area contributed by atoms with E-state index in [9.17, 15) is 9.90 Å². The van der Waals surface area contributed by atoms with Crippen LogP contribution in [0.4, 0.5) is 0 Å². The number of carbonyl (C=O) groups is 1. The van der Waals surface area contributed by atoms with Gasteiger partial charge in [-0.05, 0) is 62.8 Å². The lowest BCUT2D eigenvalue weighted by Crippen LogP contribution is -2.44. The van der Waals surface area contributed by atoms with Crippen LogP contribution >= 0.6 is 0 Å². The minimum Gasteiger partial charge on any atom is -0.393 e. The van der Waals surface area contributed by atoms with Gasteiger partial charge >= 0.3 is 0 Å². The van der Waals surface area contributed by atoms with Crippen LogP contribution in [0.25, 0.3) is 0 Å². The maximum atomic E-state index is 12.7. The number of nitrogens with zero attached hydrogens (tertiary/aromatic N) is 1. The van der Waals surface area contributed by atoms with E-state index in [2.05, 4.69) is 30.3 Å². The molecule has 3 nitrogen and oxygen atoms in total. The van der Waals surface area contributed by atoms with Gasteiger partial charge in [0.25, 0.3) is 0 Å². The average Bonchev–Trinajstić information content (AvgIpc) is 2.62. The third-order valence-corrected chi connectivity index (χ3v) is 5.88. The third-order valence-electron chi connectivity index (χ3n) is 5.88. The van der Waals surface area contributed by atoms with Gasteiger partial charge in [0.05, 0.1) is 6.10 Å². The highest BCUT2D eigenvalue weighted by Crippen LogP contribution is 2.37. The molecule has 1 saturated carbocycles. The van der Waals surface area contributed by atoms with Crippen molar-refractivity contribution in [2.45, 2.75) is 57.5 Å². The van der Waals surface area contributed by atoms with E-state index in [1.165, 1.54) is 5.56 Å². The van der Waals surface area contributed by atoms with Gasteiger partial charge in [-0.15, -0.1) is 0 Å². The number of aliphatic hydroxyl groups is 1.